The zero-order chi connectivity index (χ0) is 16.4. The van der Waals surface area contributed by atoms with Gasteiger partial charge in [-0.2, -0.15) is 0 Å². The third-order valence-corrected chi connectivity index (χ3v) is 5.38. The highest BCUT2D eigenvalue weighted by Crippen LogP contribution is 2.20. The summed E-state index contributed by atoms with van der Waals surface area (Å²) < 4.78 is 1.76. The third kappa shape index (κ3) is 3.03. The Kier molecular flexibility index (Phi) is 4.25. The van der Waals surface area contributed by atoms with Crippen LogP contribution in [0.4, 0.5) is 5.95 Å². The van der Waals surface area contributed by atoms with Gasteiger partial charge in [0.05, 0.1) is 5.39 Å². The van der Waals surface area contributed by atoms with Crippen molar-refractivity contribution in [3.05, 3.63) is 46.6 Å². The minimum Gasteiger partial charge on any atom is -0.341 e. The summed E-state index contributed by atoms with van der Waals surface area (Å²) in [5.74, 6) is 0.750. The smallest absolute Gasteiger partial charge is 0.271 e. The van der Waals surface area contributed by atoms with E-state index in [1.165, 1.54) is 30.8 Å². The van der Waals surface area contributed by atoms with Crippen molar-refractivity contribution in [1.82, 2.24) is 18.9 Å². The van der Waals surface area contributed by atoms with E-state index in [0.29, 0.717) is 11.9 Å². The summed E-state index contributed by atoms with van der Waals surface area (Å²) in [5.41, 5.74) is 0.984. The van der Waals surface area contributed by atoms with E-state index in [1.54, 1.807) is 16.4 Å². The summed E-state index contributed by atoms with van der Waals surface area (Å²) in [6.07, 6.45) is 7.84. The van der Waals surface area contributed by atoms with Gasteiger partial charge in [-0.25, -0.2) is 9.97 Å². The molecule has 4 heterocycles. The lowest BCUT2D eigenvalue weighted by molar-refractivity contribution is 0.569. The monoisotopic (exact) mass is 341 g/mol. The van der Waals surface area contributed by atoms with Crippen LogP contribution < -0.4 is 10.5 Å². The Balaban J connectivity index is 1.58. The Hall–Kier alpha value is -2.28. The van der Waals surface area contributed by atoms with E-state index < -0.39 is 0 Å². The normalized spacial score (nSPS) is 15.1. The molecule has 0 spiro atoms. The number of fused-ring (bicyclic) bond motifs is 1. The first-order valence-corrected chi connectivity index (χ1v) is 9.10. The fourth-order valence-electron chi connectivity index (χ4n) is 3.01. The molecule has 3 aromatic rings. The molecule has 0 aliphatic carbocycles. The van der Waals surface area contributed by atoms with Gasteiger partial charge >= 0.3 is 0 Å². The van der Waals surface area contributed by atoms with Gasteiger partial charge in [0.2, 0.25) is 5.95 Å². The van der Waals surface area contributed by atoms with Gasteiger partial charge in [-0.15, -0.1) is 0 Å². The van der Waals surface area contributed by atoms with Crippen molar-refractivity contribution in [2.45, 2.75) is 32.2 Å². The number of hydrogen-bond donors (Lipinski definition) is 0. The SMILES string of the molecule is O=c1c2cnc(N3CCCCC3)nc2sn1CCc1ccccn1. The summed E-state index contributed by atoms with van der Waals surface area (Å²) >= 11 is 1.42. The molecule has 0 radical (unpaired) electrons. The molecule has 0 saturated carbocycles. The molecule has 7 heteroatoms. The minimum absolute atomic E-state index is 0.00359. The van der Waals surface area contributed by atoms with E-state index in [0.717, 1.165) is 36.0 Å². The Labute approximate surface area is 144 Å². The average molecular weight is 341 g/mol. The molecular weight excluding hydrogens is 322 g/mol. The van der Waals surface area contributed by atoms with Gasteiger partial charge in [0.15, 0.2) is 4.83 Å². The molecule has 1 saturated heterocycles. The van der Waals surface area contributed by atoms with Crippen molar-refractivity contribution in [2.24, 2.45) is 0 Å². The van der Waals surface area contributed by atoms with Gasteiger partial charge < -0.3 is 4.90 Å². The highest BCUT2D eigenvalue weighted by Gasteiger charge is 2.16. The predicted molar refractivity (Wildman–Crippen MR) is 95.7 cm³/mol. The van der Waals surface area contributed by atoms with Crippen LogP contribution in [0.3, 0.4) is 0 Å². The molecule has 6 nitrogen and oxygen atoms in total. The number of piperidine rings is 1. The van der Waals surface area contributed by atoms with Crippen LogP contribution in [0, 0.1) is 0 Å². The van der Waals surface area contributed by atoms with Gasteiger partial charge in [0.25, 0.3) is 5.56 Å². The Bertz CT molecular complexity index is 883. The van der Waals surface area contributed by atoms with Crippen LogP contribution in [0.2, 0.25) is 0 Å². The van der Waals surface area contributed by atoms with Gasteiger partial charge in [-0.3, -0.25) is 13.7 Å². The first kappa shape index (κ1) is 15.3. The first-order valence-electron chi connectivity index (χ1n) is 8.33. The molecule has 4 rings (SSSR count). The number of rotatable bonds is 4. The number of hydrogen-bond acceptors (Lipinski definition) is 6. The lowest BCUT2D eigenvalue weighted by Crippen LogP contribution is -2.30. The summed E-state index contributed by atoms with van der Waals surface area (Å²) in [5, 5.41) is 0.613. The summed E-state index contributed by atoms with van der Waals surface area (Å²) in [7, 11) is 0. The maximum Gasteiger partial charge on any atom is 0.271 e. The lowest BCUT2D eigenvalue weighted by Gasteiger charge is -2.26. The molecule has 0 amide bonds. The highest BCUT2D eigenvalue weighted by molar-refractivity contribution is 7.13. The largest absolute Gasteiger partial charge is 0.341 e. The fourth-order valence-corrected chi connectivity index (χ4v) is 3.94. The molecule has 0 atom stereocenters. The van der Waals surface area contributed by atoms with Crippen LogP contribution >= 0.6 is 11.5 Å². The molecule has 24 heavy (non-hydrogen) atoms. The molecule has 0 aromatic carbocycles. The summed E-state index contributed by atoms with van der Waals surface area (Å²) in [6.45, 7) is 2.62. The molecule has 0 unspecified atom stereocenters. The van der Waals surface area contributed by atoms with E-state index in [4.69, 9.17) is 0 Å². The summed E-state index contributed by atoms with van der Waals surface area (Å²) in [6, 6.07) is 5.84. The average Bonchev–Trinajstić information content (AvgIpc) is 2.97. The van der Waals surface area contributed by atoms with Gasteiger partial charge in [-0.05, 0) is 42.9 Å². The van der Waals surface area contributed by atoms with Gasteiger partial charge in [0.1, 0.15) is 0 Å². The molecular formula is C17H19N5OS. The second-order valence-electron chi connectivity index (χ2n) is 6.01. The highest BCUT2D eigenvalue weighted by atomic mass is 32.1. The van der Waals surface area contributed by atoms with E-state index in [2.05, 4.69) is 19.9 Å². The van der Waals surface area contributed by atoms with Crippen molar-refractivity contribution in [2.75, 3.05) is 18.0 Å². The van der Waals surface area contributed by atoms with Crippen molar-refractivity contribution in [3.8, 4) is 0 Å². The lowest BCUT2D eigenvalue weighted by atomic mass is 10.1. The van der Waals surface area contributed by atoms with Crippen molar-refractivity contribution in [1.29, 1.82) is 0 Å². The van der Waals surface area contributed by atoms with Crippen LogP contribution in [0.25, 0.3) is 10.2 Å². The number of anilines is 1. The van der Waals surface area contributed by atoms with Crippen LogP contribution in [0.5, 0.6) is 0 Å². The molecule has 1 aliphatic rings. The zero-order valence-electron chi connectivity index (χ0n) is 13.4. The van der Waals surface area contributed by atoms with E-state index in [1.807, 2.05) is 18.2 Å². The van der Waals surface area contributed by atoms with Crippen molar-refractivity contribution < 1.29 is 0 Å². The number of pyridine rings is 1. The van der Waals surface area contributed by atoms with Crippen LogP contribution in [-0.2, 0) is 13.0 Å². The standard InChI is InChI=1S/C17H19N5OS/c23-16-14-12-19-17(21-9-4-1-5-10-21)20-15(14)24-22(16)11-7-13-6-2-3-8-18-13/h2-3,6,8,12H,1,4-5,7,9-11H2. The first-order chi connectivity index (χ1) is 11.8. The number of aromatic nitrogens is 4. The van der Waals surface area contributed by atoms with E-state index in [-0.39, 0.29) is 5.56 Å². The molecule has 0 N–H and O–H groups in total. The van der Waals surface area contributed by atoms with Crippen LogP contribution in [0.1, 0.15) is 25.0 Å². The Morgan fingerprint density at radius 3 is 2.79 bits per heavy atom. The number of aryl methyl sites for hydroxylation is 2. The Morgan fingerprint density at radius 2 is 2.00 bits per heavy atom. The molecule has 124 valence electrons. The molecule has 1 fully saturated rings. The predicted octanol–water partition coefficient (Wildman–Crippen LogP) is 2.48. The molecule has 1 aliphatic heterocycles. The topological polar surface area (TPSA) is 63.9 Å². The quantitative estimate of drug-likeness (QED) is 0.729. The fraction of sp³-hybridized carbons (Fsp3) is 0.412. The number of nitrogens with zero attached hydrogens (tertiary/aromatic N) is 5. The maximum absolute atomic E-state index is 12.5. The molecule has 0 bridgehead atoms. The van der Waals surface area contributed by atoms with Gasteiger partial charge in [0, 0.05) is 44.1 Å². The minimum atomic E-state index is -0.00359. The van der Waals surface area contributed by atoms with Crippen LogP contribution in [0.15, 0.2) is 35.4 Å². The van der Waals surface area contributed by atoms with Gasteiger partial charge in [-0.1, -0.05) is 6.07 Å². The molecule has 3 aromatic heterocycles. The van der Waals surface area contributed by atoms with Crippen molar-refractivity contribution in [3.63, 3.8) is 0 Å². The Morgan fingerprint density at radius 1 is 1.12 bits per heavy atom. The summed E-state index contributed by atoms with van der Waals surface area (Å²) in [4.78, 5) is 28.8. The second-order valence-corrected chi connectivity index (χ2v) is 7.02. The maximum atomic E-state index is 12.5. The second kappa shape index (κ2) is 6.68. The van der Waals surface area contributed by atoms with E-state index >= 15 is 0 Å². The van der Waals surface area contributed by atoms with Crippen LogP contribution in [-0.4, -0.2) is 32.0 Å². The third-order valence-electron chi connectivity index (χ3n) is 4.33. The van der Waals surface area contributed by atoms with Crippen molar-refractivity contribution >= 4 is 27.7 Å². The van der Waals surface area contributed by atoms with E-state index in [9.17, 15) is 4.79 Å². The zero-order valence-corrected chi connectivity index (χ0v) is 14.2.